The minimum atomic E-state index is 0.0523. The van der Waals surface area contributed by atoms with Crippen LogP contribution in [-0.2, 0) is 4.74 Å². The van der Waals surface area contributed by atoms with Crippen molar-refractivity contribution in [2.24, 2.45) is 5.73 Å². The van der Waals surface area contributed by atoms with E-state index in [0.29, 0.717) is 12.0 Å². The number of hydrogen-bond donors (Lipinski definition) is 1. The summed E-state index contributed by atoms with van der Waals surface area (Å²) in [5.74, 6) is 0.528. The SMILES string of the molecule is CC1(C)CC[C@H](C[C@@H](N)CCl)O1. The zero-order chi connectivity index (χ0) is 9.19. The lowest BCUT2D eigenvalue weighted by atomic mass is 10.0. The van der Waals surface area contributed by atoms with Crippen LogP contribution in [0.2, 0.25) is 0 Å². The molecule has 0 saturated carbocycles. The highest BCUT2D eigenvalue weighted by Crippen LogP contribution is 2.31. The van der Waals surface area contributed by atoms with Crippen LogP contribution in [0.4, 0.5) is 0 Å². The van der Waals surface area contributed by atoms with Crippen molar-refractivity contribution in [2.75, 3.05) is 5.88 Å². The van der Waals surface area contributed by atoms with E-state index in [2.05, 4.69) is 13.8 Å². The van der Waals surface area contributed by atoms with Gasteiger partial charge in [-0.05, 0) is 33.1 Å². The molecule has 1 heterocycles. The molecule has 0 unspecified atom stereocenters. The molecule has 1 aliphatic heterocycles. The summed E-state index contributed by atoms with van der Waals surface area (Å²) in [5.41, 5.74) is 5.78. The topological polar surface area (TPSA) is 35.2 Å². The Bertz CT molecular complexity index is 149. The van der Waals surface area contributed by atoms with Crippen molar-refractivity contribution in [1.29, 1.82) is 0 Å². The Morgan fingerprint density at radius 1 is 1.67 bits per heavy atom. The highest BCUT2D eigenvalue weighted by Gasteiger charge is 2.32. The van der Waals surface area contributed by atoms with Crippen molar-refractivity contribution < 1.29 is 4.74 Å². The van der Waals surface area contributed by atoms with Crippen LogP contribution < -0.4 is 5.73 Å². The van der Waals surface area contributed by atoms with Gasteiger partial charge in [0.25, 0.3) is 0 Å². The van der Waals surface area contributed by atoms with Gasteiger partial charge in [0.1, 0.15) is 0 Å². The van der Waals surface area contributed by atoms with E-state index in [1.54, 1.807) is 0 Å². The molecule has 2 nitrogen and oxygen atoms in total. The lowest BCUT2D eigenvalue weighted by molar-refractivity contribution is -0.0199. The summed E-state index contributed by atoms with van der Waals surface area (Å²) in [6.07, 6.45) is 3.48. The highest BCUT2D eigenvalue weighted by atomic mass is 35.5. The van der Waals surface area contributed by atoms with E-state index in [0.717, 1.165) is 19.3 Å². The molecule has 0 aromatic heterocycles. The van der Waals surface area contributed by atoms with Gasteiger partial charge in [-0.3, -0.25) is 0 Å². The summed E-state index contributed by atoms with van der Waals surface area (Å²) in [6, 6.07) is 0.0885. The Labute approximate surface area is 79.4 Å². The molecule has 0 aromatic carbocycles. The molecule has 2 N–H and O–H groups in total. The fourth-order valence-corrected chi connectivity index (χ4v) is 1.77. The van der Waals surface area contributed by atoms with Gasteiger partial charge in [-0.1, -0.05) is 0 Å². The second-order valence-corrected chi connectivity index (χ2v) is 4.50. The van der Waals surface area contributed by atoms with Crippen molar-refractivity contribution in [1.82, 2.24) is 0 Å². The maximum absolute atomic E-state index is 5.78. The third-order valence-electron chi connectivity index (χ3n) is 2.32. The number of hydrogen-bond acceptors (Lipinski definition) is 2. The molecule has 0 aliphatic carbocycles. The number of alkyl halides is 1. The maximum atomic E-state index is 5.78. The Balaban J connectivity index is 2.28. The molecule has 1 aliphatic rings. The van der Waals surface area contributed by atoms with Crippen LogP contribution in [0, 0.1) is 0 Å². The largest absolute Gasteiger partial charge is 0.372 e. The van der Waals surface area contributed by atoms with Crippen LogP contribution in [0.15, 0.2) is 0 Å². The van der Waals surface area contributed by atoms with Crippen LogP contribution in [0.25, 0.3) is 0 Å². The molecule has 12 heavy (non-hydrogen) atoms. The molecular weight excluding hydrogens is 174 g/mol. The minimum Gasteiger partial charge on any atom is -0.372 e. The summed E-state index contributed by atoms with van der Waals surface area (Å²) in [4.78, 5) is 0. The lowest BCUT2D eigenvalue weighted by Crippen LogP contribution is -2.29. The van der Waals surface area contributed by atoms with Gasteiger partial charge in [0.05, 0.1) is 11.7 Å². The van der Waals surface area contributed by atoms with Gasteiger partial charge in [-0.2, -0.15) is 0 Å². The molecule has 0 spiro atoms. The predicted octanol–water partition coefficient (Wildman–Crippen LogP) is 1.90. The number of nitrogens with two attached hydrogens (primary N) is 1. The predicted molar refractivity (Wildman–Crippen MR) is 51.5 cm³/mol. The molecule has 0 aromatic rings. The second-order valence-electron chi connectivity index (χ2n) is 4.19. The number of ether oxygens (including phenoxy) is 1. The average Bonchev–Trinajstić information content (AvgIpc) is 2.30. The fourth-order valence-electron chi connectivity index (χ4n) is 1.64. The van der Waals surface area contributed by atoms with Crippen molar-refractivity contribution >= 4 is 11.6 Å². The zero-order valence-electron chi connectivity index (χ0n) is 7.85. The van der Waals surface area contributed by atoms with Crippen LogP contribution in [-0.4, -0.2) is 23.6 Å². The molecule has 0 amide bonds. The highest BCUT2D eigenvalue weighted by molar-refractivity contribution is 6.18. The maximum Gasteiger partial charge on any atom is 0.0631 e. The Morgan fingerprint density at radius 3 is 2.75 bits per heavy atom. The summed E-state index contributed by atoms with van der Waals surface area (Å²) in [7, 11) is 0. The van der Waals surface area contributed by atoms with Crippen LogP contribution in [0.5, 0.6) is 0 Å². The van der Waals surface area contributed by atoms with E-state index >= 15 is 0 Å². The first kappa shape index (κ1) is 10.3. The summed E-state index contributed by atoms with van der Waals surface area (Å²) in [6.45, 7) is 4.25. The normalized spacial score (nSPS) is 30.5. The van der Waals surface area contributed by atoms with Crippen LogP contribution in [0.3, 0.4) is 0 Å². The first-order chi connectivity index (χ1) is 5.53. The molecule has 1 saturated heterocycles. The van der Waals surface area contributed by atoms with Crippen molar-refractivity contribution in [3.05, 3.63) is 0 Å². The fraction of sp³-hybridized carbons (Fsp3) is 1.00. The molecular formula is C9H18ClNO. The molecule has 1 fully saturated rings. The monoisotopic (exact) mass is 191 g/mol. The van der Waals surface area contributed by atoms with Crippen molar-refractivity contribution in [3.63, 3.8) is 0 Å². The standard InChI is InChI=1S/C9H18ClNO/c1-9(2)4-3-8(12-9)5-7(11)6-10/h7-8H,3-6,11H2,1-2H3/t7-,8-/m1/s1. The smallest absolute Gasteiger partial charge is 0.0631 e. The molecule has 0 bridgehead atoms. The first-order valence-electron chi connectivity index (χ1n) is 4.53. The van der Waals surface area contributed by atoms with Gasteiger partial charge in [0.15, 0.2) is 0 Å². The minimum absolute atomic E-state index is 0.0523. The van der Waals surface area contributed by atoms with Gasteiger partial charge in [-0.15, -0.1) is 11.6 Å². The third-order valence-corrected chi connectivity index (χ3v) is 2.71. The summed E-state index contributed by atoms with van der Waals surface area (Å²) < 4.78 is 5.78. The quantitative estimate of drug-likeness (QED) is 0.692. The van der Waals surface area contributed by atoms with Gasteiger partial charge in [0, 0.05) is 11.9 Å². The Morgan fingerprint density at radius 2 is 2.33 bits per heavy atom. The zero-order valence-corrected chi connectivity index (χ0v) is 8.60. The second kappa shape index (κ2) is 3.95. The lowest BCUT2D eigenvalue weighted by Gasteiger charge is -2.20. The van der Waals surface area contributed by atoms with Crippen molar-refractivity contribution in [2.45, 2.75) is 50.9 Å². The van der Waals surface area contributed by atoms with E-state index in [-0.39, 0.29) is 11.6 Å². The Hall–Kier alpha value is 0.210. The van der Waals surface area contributed by atoms with Gasteiger partial charge >= 0.3 is 0 Å². The third kappa shape index (κ3) is 2.92. The summed E-state index contributed by atoms with van der Waals surface area (Å²) in [5, 5.41) is 0. The number of rotatable bonds is 3. The average molecular weight is 192 g/mol. The van der Waals surface area contributed by atoms with Gasteiger partial charge in [-0.25, -0.2) is 0 Å². The molecule has 1 rings (SSSR count). The van der Waals surface area contributed by atoms with E-state index in [1.807, 2.05) is 0 Å². The van der Waals surface area contributed by atoms with Crippen molar-refractivity contribution in [3.8, 4) is 0 Å². The van der Waals surface area contributed by atoms with Crippen LogP contribution >= 0.6 is 11.6 Å². The summed E-state index contributed by atoms with van der Waals surface area (Å²) >= 11 is 5.62. The van der Waals surface area contributed by atoms with E-state index < -0.39 is 0 Å². The number of halogens is 1. The van der Waals surface area contributed by atoms with E-state index in [1.165, 1.54) is 0 Å². The molecule has 72 valence electrons. The van der Waals surface area contributed by atoms with Crippen LogP contribution in [0.1, 0.15) is 33.1 Å². The van der Waals surface area contributed by atoms with E-state index in [4.69, 9.17) is 22.1 Å². The van der Waals surface area contributed by atoms with E-state index in [9.17, 15) is 0 Å². The Kier molecular flexibility index (Phi) is 3.38. The first-order valence-corrected chi connectivity index (χ1v) is 5.06. The molecule has 3 heteroatoms. The molecule has 2 atom stereocenters. The van der Waals surface area contributed by atoms with Gasteiger partial charge < -0.3 is 10.5 Å². The van der Waals surface area contributed by atoms with Gasteiger partial charge in [0.2, 0.25) is 0 Å². The molecule has 0 radical (unpaired) electrons.